The molecule has 2 aromatic rings. The molecule has 0 saturated heterocycles. The molecule has 0 aliphatic carbocycles. The number of carbonyl (C=O) groups is 2. The topological polar surface area (TPSA) is 93.5 Å². The molecule has 0 aliphatic rings. The predicted molar refractivity (Wildman–Crippen MR) is 101 cm³/mol. The van der Waals surface area contributed by atoms with Crippen LogP contribution >= 0.6 is 11.8 Å². The number of ether oxygens (including phenoxy) is 1. The average Bonchev–Trinajstić information content (AvgIpc) is 2.99. The van der Waals surface area contributed by atoms with Crippen molar-refractivity contribution < 1.29 is 18.8 Å². The maximum Gasteiger partial charge on any atom is 0.235 e. The first-order valence-electron chi connectivity index (χ1n) is 8.30. The van der Waals surface area contributed by atoms with Crippen LogP contribution in [0.25, 0.3) is 0 Å². The highest BCUT2D eigenvalue weighted by Gasteiger charge is 2.08. The number of aromatic nitrogens is 1. The molecule has 1 aromatic carbocycles. The van der Waals surface area contributed by atoms with Crippen LogP contribution in [0.3, 0.4) is 0 Å². The van der Waals surface area contributed by atoms with Gasteiger partial charge >= 0.3 is 0 Å². The molecule has 26 heavy (non-hydrogen) atoms. The van der Waals surface area contributed by atoms with Crippen LogP contribution in [0.4, 0.5) is 5.82 Å². The second kappa shape index (κ2) is 10.5. The van der Waals surface area contributed by atoms with Crippen molar-refractivity contribution in [1.82, 2.24) is 10.5 Å². The molecule has 2 N–H and O–H groups in total. The highest BCUT2D eigenvalue weighted by atomic mass is 32.2. The summed E-state index contributed by atoms with van der Waals surface area (Å²) in [6.45, 7) is 4.83. The van der Waals surface area contributed by atoms with Crippen LogP contribution < -0.4 is 15.4 Å². The van der Waals surface area contributed by atoms with Crippen molar-refractivity contribution in [3.05, 3.63) is 41.7 Å². The van der Waals surface area contributed by atoms with Gasteiger partial charge in [-0.3, -0.25) is 9.59 Å². The molecule has 0 atom stereocenters. The van der Waals surface area contributed by atoms with Crippen molar-refractivity contribution in [2.24, 2.45) is 0 Å². The second-order valence-corrected chi connectivity index (χ2v) is 6.72. The highest BCUT2D eigenvalue weighted by molar-refractivity contribution is 8.00. The summed E-state index contributed by atoms with van der Waals surface area (Å²) in [5.41, 5.74) is 1.15. The van der Waals surface area contributed by atoms with Crippen LogP contribution in [0, 0.1) is 13.8 Å². The van der Waals surface area contributed by atoms with Gasteiger partial charge in [-0.2, -0.15) is 0 Å². The van der Waals surface area contributed by atoms with E-state index in [-0.39, 0.29) is 23.3 Å². The van der Waals surface area contributed by atoms with Gasteiger partial charge in [-0.25, -0.2) is 0 Å². The van der Waals surface area contributed by atoms with Gasteiger partial charge < -0.3 is 19.9 Å². The number of anilines is 1. The van der Waals surface area contributed by atoms with Crippen LogP contribution in [-0.4, -0.2) is 41.6 Å². The summed E-state index contributed by atoms with van der Waals surface area (Å²) in [5.74, 6) is 1.92. The number of nitrogens with zero attached hydrogens (tertiary/aromatic N) is 1. The molecule has 0 unspecified atom stereocenters. The third kappa shape index (κ3) is 7.60. The minimum absolute atomic E-state index is 0.101. The monoisotopic (exact) mass is 377 g/mol. The second-order valence-electron chi connectivity index (χ2n) is 5.73. The molecule has 2 rings (SSSR count). The van der Waals surface area contributed by atoms with E-state index in [2.05, 4.69) is 15.8 Å². The Bertz CT molecular complexity index is 733. The zero-order valence-electron chi connectivity index (χ0n) is 14.9. The van der Waals surface area contributed by atoms with E-state index < -0.39 is 0 Å². The van der Waals surface area contributed by atoms with E-state index in [1.54, 1.807) is 13.0 Å². The Hall–Kier alpha value is -2.48. The number of carbonyl (C=O) groups excluding carboxylic acids is 2. The fourth-order valence-electron chi connectivity index (χ4n) is 2.09. The third-order valence-electron chi connectivity index (χ3n) is 3.26. The number of amides is 2. The van der Waals surface area contributed by atoms with Crippen molar-refractivity contribution in [2.45, 2.75) is 20.3 Å². The molecule has 0 spiro atoms. The van der Waals surface area contributed by atoms with E-state index in [4.69, 9.17) is 9.26 Å². The molecule has 140 valence electrons. The summed E-state index contributed by atoms with van der Waals surface area (Å²) < 4.78 is 10.5. The van der Waals surface area contributed by atoms with Gasteiger partial charge in [0.15, 0.2) is 5.82 Å². The molecule has 2 amide bonds. The lowest BCUT2D eigenvalue weighted by atomic mass is 10.2. The van der Waals surface area contributed by atoms with Gasteiger partial charge in [0.25, 0.3) is 0 Å². The average molecular weight is 377 g/mol. The van der Waals surface area contributed by atoms with E-state index in [1.165, 1.54) is 11.8 Å². The fourth-order valence-corrected chi connectivity index (χ4v) is 2.73. The van der Waals surface area contributed by atoms with Gasteiger partial charge in [0, 0.05) is 12.6 Å². The Morgan fingerprint density at radius 2 is 2.00 bits per heavy atom. The minimum Gasteiger partial charge on any atom is -0.494 e. The van der Waals surface area contributed by atoms with Crippen molar-refractivity contribution in [3.8, 4) is 5.75 Å². The van der Waals surface area contributed by atoms with Crippen molar-refractivity contribution in [3.63, 3.8) is 0 Å². The fraction of sp³-hybridized carbons (Fsp3) is 0.389. The van der Waals surface area contributed by atoms with Crippen LogP contribution in [-0.2, 0) is 9.59 Å². The van der Waals surface area contributed by atoms with Crippen LogP contribution in [0.15, 0.2) is 34.9 Å². The van der Waals surface area contributed by atoms with Crippen LogP contribution in [0.1, 0.15) is 17.7 Å². The largest absolute Gasteiger partial charge is 0.494 e. The Kier molecular flexibility index (Phi) is 8.01. The number of nitrogens with one attached hydrogen (secondary N) is 2. The van der Waals surface area contributed by atoms with Crippen molar-refractivity contribution in [1.29, 1.82) is 0 Å². The molecule has 0 aliphatic heterocycles. The van der Waals surface area contributed by atoms with Gasteiger partial charge in [-0.15, -0.1) is 11.8 Å². The molecule has 0 bridgehead atoms. The van der Waals surface area contributed by atoms with E-state index in [0.29, 0.717) is 24.7 Å². The van der Waals surface area contributed by atoms with E-state index in [0.717, 1.165) is 17.7 Å². The quantitative estimate of drug-likeness (QED) is 0.618. The van der Waals surface area contributed by atoms with E-state index in [9.17, 15) is 9.59 Å². The first-order chi connectivity index (χ1) is 12.5. The number of thioether (sulfide) groups is 1. The van der Waals surface area contributed by atoms with Crippen molar-refractivity contribution >= 4 is 29.4 Å². The Labute approximate surface area is 156 Å². The SMILES string of the molecule is Cc1cccc(OCCCNC(=O)CSCC(=O)Nc2cc(C)on2)c1. The summed E-state index contributed by atoms with van der Waals surface area (Å²) in [6.07, 6.45) is 0.719. The first kappa shape index (κ1) is 19.8. The van der Waals surface area contributed by atoms with Gasteiger partial charge in [0.2, 0.25) is 11.8 Å². The molecule has 8 heteroatoms. The normalized spacial score (nSPS) is 10.4. The number of hydrogen-bond donors (Lipinski definition) is 2. The van der Waals surface area contributed by atoms with Gasteiger partial charge in [0.05, 0.1) is 18.1 Å². The predicted octanol–water partition coefficient (Wildman–Crippen LogP) is 2.55. The standard InChI is InChI=1S/C18H23N3O4S/c1-13-5-3-6-15(9-13)24-8-4-7-19-17(22)11-26-12-18(23)20-16-10-14(2)25-21-16/h3,5-6,9-10H,4,7-8,11-12H2,1-2H3,(H,19,22)(H,20,21,23). The molecule has 0 radical (unpaired) electrons. The van der Waals surface area contributed by atoms with Crippen LogP contribution in [0.5, 0.6) is 5.75 Å². The molecule has 1 heterocycles. The summed E-state index contributed by atoms with van der Waals surface area (Å²) >= 11 is 1.24. The molecular weight excluding hydrogens is 354 g/mol. The van der Waals surface area contributed by atoms with Gasteiger partial charge in [0.1, 0.15) is 11.5 Å². The molecule has 0 saturated carbocycles. The minimum atomic E-state index is -0.220. The van der Waals surface area contributed by atoms with Crippen molar-refractivity contribution in [2.75, 3.05) is 30.0 Å². The lowest BCUT2D eigenvalue weighted by molar-refractivity contribution is -0.118. The third-order valence-corrected chi connectivity index (χ3v) is 4.20. The molecule has 7 nitrogen and oxygen atoms in total. The first-order valence-corrected chi connectivity index (χ1v) is 9.45. The molecule has 1 aromatic heterocycles. The number of benzene rings is 1. The summed E-state index contributed by atoms with van der Waals surface area (Å²) in [7, 11) is 0. The zero-order chi connectivity index (χ0) is 18.8. The van der Waals surface area contributed by atoms with Gasteiger partial charge in [-0.05, 0) is 38.0 Å². The lowest BCUT2D eigenvalue weighted by Crippen LogP contribution is -2.28. The Morgan fingerprint density at radius 1 is 1.19 bits per heavy atom. The maximum absolute atomic E-state index is 11.7. The number of hydrogen-bond acceptors (Lipinski definition) is 6. The lowest BCUT2D eigenvalue weighted by Gasteiger charge is -2.08. The molecular formula is C18H23N3O4S. The number of rotatable bonds is 10. The Morgan fingerprint density at radius 3 is 2.73 bits per heavy atom. The summed E-state index contributed by atoms with van der Waals surface area (Å²) in [5, 5.41) is 9.09. The smallest absolute Gasteiger partial charge is 0.235 e. The highest BCUT2D eigenvalue weighted by Crippen LogP contribution is 2.12. The zero-order valence-corrected chi connectivity index (χ0v) is 15.7. The summed E-state index contributed by atoms with van der Waals surface area (Å²) in [6, 6.07) is 9.48. The maximum atomic E-state index is 11.7. The van der Waals surface area contributed by atoms with Gasteiger partial charge in [-0.1, -0.05) is 17.3 Å². The van der Waals surface area contributed by atoms with E-state index in [1.807, 2.05) is 31.2 Å². The van der Waals surface area contributed by atoms with E-state index >= 15 is 0 Å². The number of aryl methyl sites for hydroxylation is 2. The summed E-state index contributed by atoms with van der Waals surface area (Å²) in [4.78, 5) is 23.4. The Balaban J connectivity index is 1.50. The van der Waals surface area contributed by atoms with Crippen LogP contribution in [0.2, 0.25) is 0 Å². The molecule has 0 fully saturated rings.